The zero-order chi connectivity index (χ0) is 14.4. The van der Waals surface area contributed by atoms with Gasteiger partial charge in [0.1, 0.15) is 5.75 Å². The van der Waals surface area contributed by atoms with Gasteiger partial charge in [0.2, 0.25) is 0 Å². The Kier molecular flexibility index (Phi) is 2.94. The van der Waals surface area contributed by atoms with Gasteiger partial charge in [-0.1, -0.05) is 0 Å². The fourth-order valence-corrected chi connectivity index (χ4v) is 3.29. The Hall–Kier alpha value is -1.91. The van der Waals surface area contributed by atoms with E-state index in [0.29, 0.717) is 17.1 Å². The van der Waals surface area contributed by atoms with Crippen LogP contribution in [0.5, 0.6) is 5.75 Å². The second-order valence-electron chi connectivity index (χ2n) is 6.49. The lowest BCUT2D eigenvalue weighted by Crippen LogP contribution is -2.26. The molecule has 0 radical (unpaired) electrons. The summed E-state index contributed by atoms with van der Waals surface area (Å²) >= 11 is 0. The lowest BCUT2D eigenvalue weighted by molar-refractivity contribution is -0.118. The summed E-state index contributed by atoms with van der Waals surface area (Å²) in [7, 11) is 0. The summed E-state index contributed by atoms with van der Waals surface area (Å²) < 4.78 is 5.37. The highest BCUT2D eigenvalue weighted by Crippen LogP contribution is 2.49. The predicted molar refractivity (Wildman–Crippen MR) is 82.4 cm³/mol. The number of hydrogen-bond donors (Lipinski definition) is 3. The van der Waals surface area contributed by atoms with E-state index in [1.165, 1.54) is 25.7 Å². The molecule has 4 rings (SSSR count). The van der Waals surface area contributed by atoms with Crippen LogP contribution in [0.1, 0.15) is 25.7 Å². The summed E-state index contributed by atoms with van der Waals surface area (Å²) in [6.45, 7) is 1.04. The standard InChI is InChI=1S/C16H21N3O2/c17-12-5-15-14(19-16(20)8-21-15)6-13(12)18-7-11(9-1-2-9)10-3-4-10/h5-6,9-11,18H,1-4,7-8,17H2,(H,19,20). The van der Waals surface area contributed by atoms with Crippen molar-refractivity contribution < 1.29 is 9.53 Å². The van der Waals surface area contributed by atoms with Gasteiger partial charge in [-0.3, -0.25) is 4.79 Å². The number of carbonyl (C=O) groups excluding carboxylic acids is 1. The van der Waals surface area contributed by atoms with E-state index in [9.17, 15) is 4.79 Å². The van der Waals surface area contributed by atoms with Gasteiger partial charge in [-0.25, -0.2) is 0 Å². The van der Waals surface area contributed by atoms with Crippen LogP contribution in [0.15, 0.2) is 12.1 Å². The maximum absolute atomic E-state index is 11.4. The Balaban J connectivity index is 1.49. The first-order valence-corrected chi connectivity index (χ1v) is 7.81. The van der Waals surface area contributed by atoms with Crippen LogP contribution >= 0.6 is 0 Å². The first kappa shape index (κ1) is 12.8. The highest BCUT2D eigenvalue weighted by atomic mass is 16.5. The molecule has 2 fully saturated rings. The SMILES string of the molecule is Nc1cc2c(cc1NCC(C1CC1)C1CC1)NC(=O)CO2. The second-order valence-corrected chi connectivity index (χ2v) is 6.49. The predicted octanol–water partition coefficient (Wildman–Crippen LogP) is 2.45. The van der Waals surface area contributed by atoms with Crippen LogP contribution in [0.4, 0.5) is 17.1 Å². The van der Waals surface area contributed by atoms with Gasteiger partial charge in [0.15, 0.2) is 6.61 Å². The van der Waals surface area contributed by atoms with Crippen molar-refractivity contribution >= 4 is 23.0 Å². The molecule has 2 aliphatic carbocycles. The summed E-state index contributed by atoms with van der Waals surface area (Å²) in [6, 6.07) is 3.68. The molecule has 0 bridgehead atoms. The van der Waals surface area contributed by atoms with Crippen molar-refractivity contribution in [3.63, 3.8) is 0 Å². The average molecular weight is 287 g/mol. The molecule has 1 aromatic rings. The van der Waals surface area contributed by atoms with E-state index in [4.69, 9.17) is 10.5 Å². The van der Waals surface area contributed by atoms with Gasteiger partial charge in [0.05, 0.1) is 17.1 Å². The highest BCUT2D eigenvalue weighted by molar-refractivity contribution is 5.97. The minimum atomic E-state index is -0.118. The molecule has 0 saturated heterocycles. The lowest BCUT2D eigenvalue weighted by atomic mass is 9.98. The molecule has 0 unspecified atom stereocenters. The van der Waals surface area contributed by atoms with Crippen molar-refractivity contribution in [1.82, 2.24) is 0 Å². The molecule has 0 aromatic heterocycles. The number of carbonyl (C=O) groups is 1. The van der Waals surface area contributed by atoms with Crippen LogP contribution < -0.4 is 21.1 Å². The number of nitrogens with one attached hydrogen (secondary N) is 2. The van der Waals surface area contributed by atoms with Crippen LogP contribution in [0, 0.1) is 17.8 Å². The minimum absolute atomic E-state index is 0.0602. The molecule has 112 valence electrons. The Bertz CT molecular complexity index is 567. The highest BCUT2D eigenvalue weighted by Gasteiger charge is 2.41. The molecule has 4 N–H and O–H groups in total. The quantitative estimate of drug-likeness (QED) is 0.727. The molecule has 21 heavy (non-hydrogen) atoms. The molecule has 1 aliphatic heterocycles. The van der Waals surface area contributed by atoms with Gasteiger partial charge in [-0.05, 0) is 49.5 Å². The third kappa shape index (κ3) is 2.64. The zero-order valence-electron chi connectivity index (χ0n) is 12.0. The van der Waals surface area contributed by atoms with Gasteiger partial charge in [-0.15, -0.1) is 0 Å². The molecule has 2 saturated carbocycles. The average Bonchev–Trinajstić information content (AvgIpc) is 3.34. The molecular formula is C16H21N3O2. The third-order valence-corrected chi connectivity index (χ3v) is 4.77. The first-order chi connectivity index (χ1) is 10.2. The number of ether oxygens (including phenoxy) is 1. The van der Waals surface area contributed by atoms with Crippen molar-refractivity contribution in [3.8, 4) is 5.75 Å². The molecule has 0 spiro atoms. The number of rotatable bonds is 5. The van der Waals surface area contributed by atoms with Crippen molar-refractivity contribution in [2.75, 3.05) is 29.5 Å². The third-order valence-electron chi connectivity index (χ3n) is 4.77. The fraction of sp³-hybridized carbons (Fsp3) is 0.562. The van der Waals surface area contributed by atoms with E-state index in [0.717, 1.165) is 30.0 Å². The van der Waals surface area contributed by atoms with Gasteiger partial charge in [0, 0.05) is 12.6 Å². The Labute approximate surface area is 124 Å². The van der Waals surface area contributed by atoms with Crippen LogP contribution in [-0.4, -0.2) is 19.1 Å². The largest absolute Gasteiger partial charge is 0.482 e. The van der Waals surface area contributed by atoms with E-state index in [2.05, 4.69) is 10.6 Å². The summed E-state index contributed by atoms with van der Waals surface area (Å²) in [6.07, 6.45) is 5.53. The number of fused-ring (bicyclic) bond motifs is 1. The molecule has 0 atom stereocenters. The lowest BCUT2D eigenvalue weighted by Gasteiger charge is -2.22. The van der Waals surface area contributed by atoms with Gasteiger partial charge >= 0.3 is 0 Å². The molecule has 1 aromatic carbocycles. The van der Waals surface area contributed by atoms with E-state index in [1.54, 1.807) is 6.07 Å². The number of amides is 1. The number of nitrogen functional groups attached to an aromatic ring is 1. The minimum Gasteiger partial charge on any atom is -0.482 e. The van der Waals surface area contributed by atoms with E-state index in [1.807, 2.05) is 6.07 Å². The van der Waals surface area contributed by atoms with Crippen LogP contribution in [-0.2, 0) is 4.79 Å². The molecule has 1 amide bonds. The number of anilines is 3. The molecule has 1 heterocycles. The maximum atomic E-state index is 11.4. The second kappa shape index (κ2) is 4.83. The first-order valence-electron chi connectivity index (χ1n) is 7.81. The smallest absolute Gasteiger partial charge is 0.262 e. The van der Waals surface area contributed by atoms with E-state index >= 15 is 0 Å². The normalized spacial score (nSPS) is 20.7. The van der Waals surface area contributed by atoms with Gasteiger partial charge < -0.3 is 21.1 Å². The van der Waals surface area contributed by atoms with Crippen molar-refractivity contribution in [2.45, 2.75) is 25.7 Å². The van der Waals surface area contributed by atoms with Crippen molar-refractivity contribution in [2.24, 2.45) is 17.8 Å². The summed E-state index contributed by atoms with van der Waals surface area (Å²) in [4.78, 5) is 11.4. The van der Waals surface area contributed by atoms with E-state index in [-0.39, 0.29) is 12.5 Å². The van der Waals surface area contributed by atoms with Gasteiger partial charge in [-0.2, -0.15) is 0 Å². The summed E-state index contributed by atoms with van der Waals surface area (Å²) in [5.74, 6) is 3.13. The molecule has 5 heteroatoms. The molecular weight excluding hydrogens is 266 g/mol. The Morgan fingerprint density at radius 2 is 2.00 bits per heavy atom. The summed E-state index contributed by atoms with van der Waals surface area (Å²) in [5, 5.41) is 6.31. The topological polar surface area (TPSA) is 76.4 Å². The van der Waals surface area contributed by atoms with Crippen molar-refractivity contribution in [3.05, 3.63) is 12.1 Å². The number of benzene rings is 1. The monoisotopic (exact) mass is 287 g/mol. The zero-order valence-corrected chi connectivity index (χ0v) is 12.0. The van der Waals surface area contributed by atoms with Gasteiger partial charge in [0.25, 0.3) is 5.91 Å². The fourth-order valence-electron chi connectivity index (χ4n) is 3.29. The van der Waals surface area contributed by atoms with Crippen LogP contribution in [0.3, 0.4) is 0 Å². The van der Waals surface area contributed by atoms with Crippen LogP contribution in [0.25, 0.3) is 0 Å². The Morgan fingerprint density at radius 1 is 1.29 bits per heavy atom. The number of nitrogens with two attached hydrogens (primary N) is 1. The van der Waals surface area contributed by atoms with Crippen LogP contribution in [0.2, 0.25) is 0 Å². The number of hydrogen-bond acceptors (Lipinski definition) is 4. The molecule has 3 aliphatic rings. The summed E-state index contributed by atoms with van der Waals surface area (Å²) in [5.41, 5.74) is 8.37. The molecule has 5 nitrogen and oxygen atoms in total. The Morgan fingerprint density at radius 3 is 2.67 bits per heavy atom. The maximum Gasteiger partial charge on any atom is 0.262 e. The van der Waals surface area contributed by atoms with E-state index < -0.39 is 0 Å². The van der Waals surface area contributed by atoms with Crippen molar-refractivity contribution in [1.29, 1.82) is 0 Å².